The molecule has 2 N–H and O–H groups in total. The van der Waals surface area contributed by atoms with Gasteiger partial charge in [0.15, 0.2) is 0 Å². The van der Waals surface area contributed by atoms with Crippen molar-refractivity contribution in [3.8, 4) is 0 Å². The monoisotopic (exact) mass is 461 g/mol. The van der Waals surface area contributed by atoms with E-state index in [9.17, 15) is 5.11 Å². The van der Waals surface area contributed by atoms with Crippen LogP contribution in [0, 0.1) is 0 Å². The molecular formula is C29H32ClNO2. The maximum absolute atomic E-state index is 10.7. The zero-order chi connectivity index (χ0) is 21.5. The van der Waals surface area contributed by atoms with E-state index in [2.05, 4.69) is 66.0 Å². The minimum Gasteiger partial charge on any atom is -0.389 e. The van der Waals surface area contributed by atoms with Crippen molar-refractivity contribution < 1.29 is 9.84 Å². The van der Waals surface area contributed by atoms with Crippen LogP contribution in [-0.2, 0) is 30.4 Å². The molecule has 3 nitrogen and oxygen atoms in total. The fourth-order valence-electron chi connectivity index (χ4n) is 6.01. The molecule has 0 radical (unpaired) electrons. The van der Waals surface area contributed by atoms with Crippen LogP contribution < -0.4 is 5.32 Å². The topological polar surface area (TPSA) is 41.5 Å². The molecule has 3 unspecified atom stereocenters. The summed E-state index contributed by atoms with van der Waals surface area (Å²) < 4.78 is 6.34. The third-order valence-electron chi connectivity index (χ3n) is 7.58. The maximum Gasteiger partial charge on any atom is 0.0898 e. The Morgan fingerprint density at radius 1 is 0.939 bits per heavy atom. The fourth-order valence-corrected chi connectivity index (χ4v) is 6.01. The lowest BCUT2D eigenvalue weighted by Crippen LogP contribution is -2.40. The highest BCUT2D eigenvalue weighted by Crippen LogP contribution is 2.44. The first-order chi connectivity index (χ1) is 15.8. The van der Waals surface area contributed by atoms with E-state index in [0.717, 1.165) is 38.5 Å². The molecule has 0 saturated heterocycles. The number of halogens is 1. The second-order valence-electron chi connectivity index (χ2n) is 9.56. The predicted octanol–water partition coefficient (Wildman–Crippen LogP) is 5.34. The summed E-state index contributed by atoms with van der Waals surface area (Å²) >= 11 is 0. The van der Waals surface area contributed by atoms with Crippen molar-refractivity contribution in [2.24, 2.45) is 0 Å². The number of fused-ring (bicyclic) bond motifs is 2. The number of ether oxygens (including phenoxy) is 1. The summed E-state index contributed by atoms with van der Waals surface area (Å²) in [5.41, 5.74) is 8.58. The molecule has 3 aromatic rings. The molecule has 3 atom stereocenters. The van der Waals surface area contributed by atoms with Gasteiger partial charge in [-0.2, -0.15) is 0 Å². The summed E-state index contributed by atoms with van der Waals surface area (Å²) in [6.45, 7) is 0.952. The molecule has 2 bridgehead atoms. The minimum atomic E-state index is -0.493. The highest BCUT2D eigenvalue weighted by molar-refractivity contribution is 5.95. The Hall–Kier alpha value is -2.17. The van der Waals surface area contributed by atoms with Gasteiger partial charge in [-0.25, -0.2) is 0 Å². The van der Waals surface area contributed by atoms with Crippen molar-refractivity contribution in [3.63, 3.8) is 0 Å². The number of aliphatic hydroxyl groups is 1. The van der Waals surface area contributed by atoms with E-state index >= 15 is 0 Å². The van der Waals surface area contributed by atoms with Crippen LogP contribution in [0.4, 0.5) is 0 Å². The van der Waals surface area contributed by atoms with Crippen LogP contribution in [0.15, 0.2) is 54.6 Å². The molecule has 172 valence electrons. The van der Waals surface area contributed by atoms with Gasteiger partial charge in [0, 0.05) is 12.6 Å². The van der Waals surface area contributed by atoms with Gasteiger partial charge in [-0.1, -0.05) is 60.7 Å². The summed E-state index contributed by atoms with van der Waals surface area (Å²) in [7, 11) is 0. The predicted molar refractivity (Wildman–Crippen MR) is 137 cm³/mol. The Morgan fingerprint density at radius 2 is 1.67 bits per heavy atom. The summed E-state index contributed by atoms with van der Waals surface area (Å²) in [6, 6.07) is 17.9. The van der Waals surface area contributed by atoms with Gasteiger partial charge in [-0.3, -0.25) is 0 Å². The van der Waals surface area contributed by atoms with Crippen LogP contribution in [0.3, 0.4) is 0 Å². The van der Waals surface area contributed by atoms with Crippen LogP contribution in [0.1, 0.15) is 52.3 Å². The number of hydrogen-bond donors (Lipinski definition) is 2. The average Bonchev–Trinajstić information content (AvgIpc) is 2.86. The number of hydrogen-bond acceptors (Lipinski definition) is 3. The SMILES string of the molecule is Cl.OC(CNC1CCc2ccccc2C1)COC1CC=Cc2c1c1c3ccccc3c2CC1. The first kappa shape index (κ1) is 22.6. The maximum atomic E-state index is 10.7. The molecule has 33 heavy (non-hydrogen) atoms. The Morgan fingerprint density at radius 3 is 2.52 bits per heavy atom. The van der Waals surface area contributed by atoms with E-state index in [0.29, 0.717) is 19.2 Å². The zero-order valence-electron chi connectivity index (χ0n) is 18.9. The first-order valence-electron chi connectivity index (χ1n) is 12.1. The lowest BCUT2D eigenvalue weighted by atomic mass is 9.76. The Kier molecular flexibility index (Phi) is 6.58. The molecular weight excluding hydrogens is 430 g/mol. The number of rotatable bonds is 6. The summed E-state index contributed by atoms with van der Waals surface area (Å²) in [6.07, 6.45) is 10.5. The van der Waals surface area contributed by atoms with Gasteiger partial charge in [0.1, 0.15) is 0 Å². The standard InChI is InChI=1S/C29H31NO2.ClH/c31-22(17-30-21-13-12-19-6-1-2-7-20(19)16-21)18-32-28-11-5-10-26-25-14-15-27(29(26)28)24-9-4-3-8-23(24)25;/h1-10,21-22,28,30-31H,11-18H2;1H. The van der Waals surface area contributed by atoms with Crippen LogP contribution in [0.25, 0.3) is 16.8 Å². The minimum absolute atomic E-state index is 0. The summed E-state index contributed by atoms with van der Waals surface area (Å²) in [5, 5.41) is 17.0. The lowest BCUT2D eigenvalue weighted by molar-refractivity contribution is -0.0104. The summed E-state index contributed by atoms with van der Waals surface area (Å²) in [5.74, 6) is 0. The molecule has 7 rings (SSSR count). The highest BCUT2D eigenvalue weighted by Gasteiger charge is 2.30. The van der Waals surface area contributed by atoms with Gasteiger partial charge in [0.05, 0.1) is 18.8 Å². The number of benzene rings is 3. The van der Waals surface area contributed by atoms with Gasteiger partial charge < -0.3 is 15.2 Å². The fraction of sp³-hybridized carbons (Fsp3) is 0.379. The molecule has 0 aliphatic heterocycles. The van der Waals surface area contributed by atoms with Crippen LogP contribution >= 0.6 is 12.4 Å². The molecule has 4 aliphatic carbocycles. The number of aryl methyl sites for hydroxylation is 3. The van der Waals surface area contributed by atoms with E-state index in [4.69, 9.17) is 4.74 Å². The second kappa shape index (κ2) is 9.60. The van der Waals surface area contributed by atoms with E-state index < -0.39 is 6.10 Å². The van der Waals surface area contributed by atoms with Crippen molar-refractivity contribution in [2.45, 2.75) is 56.8 Å². The Bertz CT molecular complexity index is 1190. The van der Waals surface area contributed by atoms with Crippen molar-refractivity contribution in [2.75, 3.05) is 13.2 Å². The van der Waals surface area contributed by atoms with Gasteiger partial charge in [0.25, 0.3) is 0 Å². The first-order valence-corrected chi connectivity index (χ1v) is 12.1. The molecule has 4 aliphatic rings. The van der Waals surface area contributed by atoms with Crippen molar-refractivity contribution >= 4 is 29.3 Å². The lowest BCUT2D eigenvalue weighted by Gasteiger charge is -2.33. The molecule has 0 heterocycles. The van der Waals surface area contributed by atoms with E-state index in [1.165, 1.54) is 44.2 Å². The Balaban J connectivity index is 0.00000228. The molecule has 4 heteroatoms. The zero-order valence-corrected chi connectivity index (χ0v) is 19.7. The molecule has 0 spiro atoms. The molecule has 0 fully saturated rings. The Labute approximate surface area is 202 Å². The van der Waals surface area contributed by atoms with E-state index in [1.807, 2.05) is 0 Å². The third kappa shape index (κ3) is 4.24. The molecule has 0 saturated carbocycles. The van der Waals surface area contributed by atoms with Gasteiger partial charge >= 0.3 is 0 Å². The van der Waals surface area contributed by atoms with Crippen molar-refractivity contribution in [3.05, 3.63) is 88.0 Å². The quantitative estimate of drug-likeness (QED) is 0.520. The van der Waals surface area contributed by atoms with Gasteiger partial charge in [-0.15, -0.1) is 12.4 Å². The number of nitrogens with one attached hydrogen (secondary N) is 1. The normalized spacial score (nSPS) is 21.4. The van der Waals surface area contributed by atoms with Crippen LogP contribution in [0.2, 0.25) is 0 Å². The molecule has 0 aromatic heterocycles. The molecule has 3 aromatic carbocycles. The van der Waals surface area contributed by atoms with E-state index in [-0.39, 0.29) is 18.5 Å². The highest BCUT2D eigenvalue weighted by atomic mass is 35.5. The average molecular weight is 462 g/mol. The van der Waals surface area contributed by atoms with Gasteiger partial charge in [0.2, 0.25) is 0 Å². The van der Waals surface area contributed by atoms with E-state index in [1.54, 1.807) is 0 Å². The van der Waals surface area contributed by atoms with Crippen LogP contribution in [0.5, 0.6) is 0 Å². The second-order valence-corrected chi connectivity index (χ2v) is 9.56. The number of aliphatic hydroxyl groups excluding tert-OH is 1. The molecule has 0 amide bonds. The van der Waals surface area contributed by atoms with Crippen molar-refractivity contribution in [1.82, 2.24) is 5.32 Å². The smallest absolute Gasteiger partial charge is 0.0898 e. The van der Waals surface area contributed by atoms with Crippen molar-refractivity contribution in [1.29, 1.82) is 0 Å². The summed E-state index contributed by atoms with van der Waals surface area (Å²) in [4.78, 5) is 0. The van der Waals surface area contributed by atoms with Crippen LogP contribution in [-0.4, -0.2) is 30.4 Å². The largest absolute Gasteiger partial charge is 0.389 e. The van der Waals surface area contributed by atoms with Gasteiger partial charge in [-0.05, 0) is 82.7 Å². The third-order valence-corrected chi connectivity index (χ3v) is 7.58.